The molecule has 4 heteroatoms. The van der Waals surface area contributed by atoms with Gasteiger partial charge in [-0.2, -0.15) is 0 Å². The molecule has 1 amide bonds. The molecule has 0 radical (unpaired) electrons. The van der Waals surface area contributed by atoms with E-state index in [9.17, 15) is 4.79 Å². The van der Waals surface area contributed by atoms with Crippen LogP contribution in [0.4, 0.5) is 0 Å². The molecule has 0 spiro atoms. The molecule has 3 nitrogen and oxygen atoms in total. The Bertz CT molecular complexity index is 193. The van der Waals surface area contributed by atoms with Crippen molar-refractivity contribution in [2.45, 2.75) is 38.7 Å². The maximum Gasteiger partial charge on any atom is 0.249 e. The van der Waals surface area contributed by atoms with Crippen molar-refractivity contribution in [3.63, 3.8) is 0 Å². The first-order chi connectivity index (χ1) is 7.27. The number of hydrogen-bond donors (Lipinski definition) is 1. The first-order valence-electron chi connectivity index (χ1n) is 5.73. The lowest BCUT2D eigenvalue weighted by molar-refractivity contribution is -0.130. The van der Waals surface area contributed by atoms with Crippen LogP contribution in [0.2, 0.25) is 0 Å². The lowest BCUT2D eigenvalue weighted by atomic mass is 10.0. The van der Waals surface area contributed by atoms with Crippen molar-refractivity contribution in [2.75, 3.05) is 18.5 Å². The standard InChI is InChI=1S/C11H20BrNO2/c1-2-9(5-6-12)8-13-11(14)10-4-3-7-15-10/h9-10H,2-8H2,1H3,(H,13,14). The van der Waals surface area contributed by atoms with E-state index in [-0.39, 0.29) is 12.0 Å². The number of amides is 1. The van der Waals surface area contributed by atoms with Crippen LogP contribution in [0.1, 0.15) is 32.6 Å². The van der Waals surface area contributed by atoms with E-state index in [0.717, 1.165) is 44.2 Å². The minimum absolute atomic E-state index is 0.0699. The fourth-order valence-corrected chi connectivity index (χ4v) is 2.40. The first-order valence-corrected chi connectivity index (χ1v) is 6.85. The van der Waals surface area contributed by atoms with Gasteiger partial charge in [0.2, 0.25) is 5.91 Å². The van der Waals surface area contributed by atoms with Crippen LogP contribution in [0, 0.1) is 5.92 Å². The predicted molar refractivity (Wildman–Crippen MR) is 64.2 cm³/mol. The Morgan fingerprint density at radius 2 is 2.47 bits per heavy atom. The maximum atomic E-state index is 11.6. The molecule has 1 aliphatic rings. The Morgan fingerprint density at radius 3 is 3.00 bits per heavy atom. The molecule has 2 atom stereocenters. The van der Waals surface area contributed by atoms with E-state index in [4.69, 9.17) is 4.74 Å². The molecule has 0 saturated carbocycles. The number of ether oxygens (including phenoxy) is 1. The highest BCUT2D eigenvalue weighted by Gasteiger charge is 2.23. The molecule has 1 rings (SSSR count). The molecule has 1 heterocycles. The summed E-state index contributed by atoms with van der Waals surface area (Å²) in [5.41, 5.74) is 0. The van der Waals surface area contributed by atoms with E-state index in [1.165, 1.54) is 0 Å². The summed E-state index contributed by atoms with van der Waals surface area (Å²) in [7, 11) is 0. The van der Waals surface area contributed by atoms with Crippen LogP contribution in [0.3, 0.4) is 0 Å². The molecule has 1 aliphatic heterocycles. The quantitative estimate of drug-likeness (QED) is 0.756. The zero-order chi connectivity index (χ0) is 11.1. The molecule has 88 valence electrons. The molecule has 0 aromatic rings. The van der Waals surface area contributed by atoms with E-state index in [0.29, 0.717) is 5.92 Å². The highest BCUT2D eigenvalue weighted by Crippen LogP contribution is 2.13. The molecular weight excluding hydrogens is 258 g/mol. The van der Waals surface area contributed by atoms with E-state index in [1.807, 2.05) is 0 Å². The van der Waals surface area contributed by atoms with Gasteiger partial charge in [0.15, 0.2) is 0 Å². The average molecular weight is 278 g/mol. The van der Waals surface area contributed by atoms with Gasteiger partial charge in [-0.05, 0) is 25.2 Å². The van der Waals surface area contributed by atoms with Crippen molar-refractivity contribution in [2.24, 2.45) is 5.92 Å². The number of carbonyl (C=O) groups excluding carboxylic acids is 1. The Kier molecular flexibility index (Phi) is 6.25. The molecule has 1 N–H and O–H groups in total. The normalized spacial score (nSPS) is 22.7. The van der Waals surface area contributed by atoms with Crippen molar-refractivity contribution in [1.82, 2.24) is 5.32 Å². The van der Waals surface area contributed by atoms with Gasteiger partial charge in [0.05, 0.1) is 0 Å². The minimum atomic E-state index is -0.188. The summed E-state index contributed by atoms with van der Waals surface area (Å²) in [6.07, 6.45) is 3.92. The summed E-state index contributed by atoms with van der Waals surface area (Å²) in [5, 5.41) is 3.98. The van der Waals surface area contributed by atoms with Gasteiger partial charge in [0, 0.05) is 18.5 Å². The molecule has 0 bridgehead atoms. The summed E-state index contributed by atoms with van der Waals surface area (Å²) in [6, 6.07) is 0. The van der Waals surface area contributed by atoms with Gasteiger partial charge < -0.3 is 10.1 Å². The van der Waals surface area contributed by atoms with Gasteiger partial charge in [-0.25, -0.2) is 0 Å². The Hall–Kier alpha value is -0.0900. The van der Waals surface area contributed by atoms with Crippen molar-refractivity contribution in [3.05, 3.63) is 0 Å². The van der Waals surface area contributed by atoms with Crippen molar-refractivity contribution >= 4 is 21.8 Å². The molecule has 0 aliphatic carbocycles. The number of carbonyl (C=O) groups is 1. The number of alkyl halides is 1. The fourth-order valence-electron chi connectivity index (χ4n) is 1.75. The van der Waals surface area contributed by atoms with Crippen LogP contribution in [-0.2, 0) is 9.53 Å². The lowest BCUT2D eigenvalue weighted by Crippen LogP contribution is -2.37. The summed E-state index contributed by atoms with van der Waals surface area (Å²) in [6.45, 7) is 3.67. The third-order valence-electron chi connectivity index (χ3n) is 2.88. The molecule has 1 saturated heterocycles. The number of halogens is 1. The summed E-state index contributed by atoms with van der Waals surface area (Å²) >= 11 is 3.43. The summed E-state index contributed by atoms with van der Waals surface area (Å²) in [5.74, 6) is 0.648. The van der Waals surface area contributed by atoms with Gasteiger partial charge in [0.25, 0.3) is 0 Å². The third kappa shape index (κ3) is 4.51. The van der Waals surface area contributed by atoms with E-state index >= 15 is 0 Å². The van der Waals surface area contributed by atoms with E-state index in [1.54, 1.807) is 0 Å². The van der Waals surface area contributed by atoms with Crippen LogP contribution < -0.4 is 5.32 Å². The minimum Gasteiger partial charge on any atom is -0.368 e. The second-order valence-electron chi connectivity index (χ2n) is 4.00. The van der Waals surface area contributed by atoms with Crippen molar-refractivity contribution < 1.29 is 9.53 Å². The molecule has 2 unspecified atom stereocenters. The van der Waals surface area contributed by atoms with Gasteiger partial charge in [-0.15, -0.1) is 0 Å². The van der Waals surface area contributed by atoms with E-state index in [2.05, 4.69) is 28.2 Å². The molecular formula is C11H20BrNO2. The van der Waals surface area contributed by atoms with Crippen molar-refractivity contribution in [1.29, 1.82) is 0 Å². The topological polar surface area (TPSA) is 38.3 Å². The SMILES string of the molecule is CCC(CCBr)CNC(=O)C1CCCO1. The predicted octanol–water partition coefficient (Wildman–Crippen LogP) is 2.09. The van der Waals surface area contributed by atoms with Gasteiger partial charge in [0.1, 0.15) is 6.10 Å². The Morgan fingerprint density at radius 1 is 1.67 bits per heavy atom. The molecule has 0 aromatic carbocycles. The second-order valence-corrected chi connectivity index (χ2v) is 4.79. The van der Waals surface area contributed by atoms with Gasteiger partial charge in [-0.3, -0.25) is 4.79 Å². The van der Waals surface area contributed by atoms with Crippen LogP contribution in [0.25, 0.3) is 0 Å². The van der Waals surface area contributed by atoms with Gasteiger partial charge in [-0.1, -0.05) is 29.3 Å². The number of rotatable bonds is 6. The summed E-state index contributed by atoms with van der Waals surface area (Å²) < 4.78 is 5.32. The number of hydrogen-bond acceptors (Lipinski definition) is 2. The Balaban J connectivity index is 2.19. The first kappa shape index (κ1) is 13.0. The van der Waals surface area contributed by atoms with Gasteiger partial charge >= 0.3 is 0 Å². The highest BCUT2D eigenvalue weighted by molar-refractivity contribution is 9.09. The average Bonchev–Trinajstić information content (AvgIpc) is 2.77. The Labute approximate surface area is 100 Å². The molecule has 1 fully saturated rings. The zero-order valence-corrected chi connectivity index (χ0v) is 10.9. The maximum absolute atomic E-state index is 11.6. The smallest absolute Gasteiger partial charge is 0.249 e. The second kappa shape index (κ2) is 7.23. The molecule has 0 aromatic heterocycles. The van der Waals surface area contributed by atoms with Crippen LogP contribution in [0.15, 0.2) is 0 Å². The zero-order valence-electron chi connectivity index (χ0n) is 9.30. The van der Waals surface area contributed by atoms with E-state index < -0.39 is 0 Å². The number of nitrogens with one attached hydrogen (secondary N) is 1. The largest absolute Gasteiger partial charge is 0.368 e. The summed E-state index contributed by atoms with van der Waals surface area (Å²) in [4.78, 5) is 11.6. The van der Waals surface area contributed by atoms with Crippen molar-refractivity contribution in [3.8, 4) is 0 Å². The monoisotopic (exact) mass is 277 g/mol. The lowest BCUT2D eigenvalue weighted by Gasteiger charge is -2.16. The van der Waals surface area contributed by atoms with Crippen LogP contribution in [-0.4, -0.2) is 30.5 Å². The van der Waals surface area contributed by atoms with Crippen LogP contribution in [0.5, 0.6) is 0 Å². The fraction of sp³-hybridized carbons (Fsp3) is 0.909. The third-order valence-corrected chi connectivity index (χ3v) is 3.34. The highest BCUT2D eigenvalue weighted by atomic mass is 79.9. The molecule has 15 heavy (non-hydrogen) atoms. The van der Waals surface area contributed by atoms with Crippen LogP contribution >= 0.6 is 15.9 Å².